The molecule has 4 unspecified atom stereocenters. The first kappa shape index (κ1) is 35.1. The van der Waals surface area contributed by atoms with Gasteiger partial charge in [0.05, 0.1) is 28.5 Å². The van der Waals surface area contributed by atoms with E-state index in [1.54, 1.807) is 44.2 Å². The van der Waals surface area contributed by atoms with Crippen LogP contribution in [-0.4, -0.2) is 69.7 Å². The molecule has 1 aromatic heterocycles. The van der Waals surface area contributed by atoms with Crippen molar-refractivity contribution in [3.8, 4) is 11.5 Å². The van der Waals surface area contributed by atoms with Gasteiger partial charge in [-0.2, -0.15) is 0 Å². The number of benzene rings is 3. The molecule has 10 nitrogen and oxygen atoms in total. The van der Waals surface area contributed by atoms with Crippen LogP contribution in [0.5, 0.6) is 11.5 Å². The number of aliphatic carboxylic acids is 2. The third-order valence-corrected chi connectivity index (χ3v) is 9.48. The molecule has 5 rings (SSSR count). The van der Waals surface area contributed by atoms with Crippen LogP contribution < -0.4 is 20.1 Å². The lowest BCUT2D eigenvalue weighted by Gasteiger charge is -2.47. The molecule has 6 N–H and O–H groups in total. The molecule has 0 radical (unpaired) electrons. The summed E-state index contributed by atoms with van der Waals surface area (Å²) in [6.07, 6.45) is -0.278. The SMILES string of the molecule is CC1=C(C(=O)O)C(c2ccccc2Cl)C(CCCOc2ccc(OCC(O)CNC(C)(C)C)c3c2[nH]c2ccccc23)(C(=O)O)C(C)N1. The Kier molecular flexibility index (Phi) is 10.3. The predicted molar refractivity (Wildman–Crippen MR) is 187 cm³/mol. The highest BCUT2D eigenvalue weighted by molar-refractivity contribution is 6.31. The standard InChI is InChI=1S/C37H44ClN3O7/c1-21-30(34(43)44)32(24-11-6-8-13-26(24)38)37(35(45)46,22(2)40-21)17-10-18-47-29-16-15-28(48-20-23(42)19-39-36(3,4)5)31-25-12-7-9-14-27(25)41-33(29)31/h6-9,11-16,22-23,32,39-42H,10,17-20H2,1-5H3,(H,43,44)(H,45,46). The molecular weight excluding hydrogens is 634 g/mol. The number of aromatic nitrogens is 1. The number of carboxylic acid groups (broad SMARTS) is 2. The minimum absolute atomic E-state index is 0.0146. The summed E-state index contributed by atoms with van der Waals surface area (Å²) in [4.78, 5) is 29.3. The summed E-state index contributed by atoms with van der Waals surface area (Å²) >= 11 is 6.59. The lowest BCUT2D eigenvalue weighted by atomic mass is 9.60. The van der Waals surface area contributed by atoms with Crippen LogP contribution in [0.3, 0.4) is 0 Å². The summed E-state index contributed by atoms with van der Waals surface area (Å²) in [6, 6.07) is 17.6. The van der Waals surface area contributed by atoms with Gasteiger partial charge in [-0.05, 0) is 77.3 Å². The van der Waals surface area contributed by atoms with Crippen LogP contribution in [-0.2, 0) is 9.59 Å². The van der Waals surface area contributed by atoms with Crippen LogP contribution in [0.15, 0.2) is 71.9 Å². The lowest BCUT2D eigenvalue weighted by Crippen LogP contribution is -2.56. The molecule has 0 spiro atoms. The maximum absolute atomic E-state index is 13.3. The number of ether oxygens (including phenoxy) is 2. The molecule has 0 aliphatic carbocycles. The molecule has 0 saturated heterocycles. The van der Waals surface area contributed by atoms with E-state index in [4.69, 9.17) is 21.1 Å². The molecule has 4 atom stereocenters. The van der Waals surface area contributed by atoms with Crippen molar-refractivity contribution in [1.29, 1.82) is 0 Å². The topological polar surface area (TPSA) is 153 Å². The fourth-order valence-corrected chi connectivity index (χ4v) is 7.06. The third kappa shape index (κ3) is 6.97. The number of fused-ring (bicyclic) bond motifs is 3. The van der Waals surface area contributed by atoms with E-state index in [2.05, 4.69) is 15.6 Å². The molecule has 11 heteroatoms. The minimum Gasteiger partial charge on any atom is -0.491 e. The van der Waals surface area contributed by atoms with Crippen LogP contribution in [0.2, 0.25) is 5.02 Å². The van der Waals surface area contributed by atoms with Crippen molar-refractivity contribution in [2.45, 2.75) is 71.1 Å². The van der Waals surface area contributed by atoms with Gasteiger partial charge >= 0.3 is 11.9 Å². The number of halogens is 1. The second-order valence-corrected chi connectivity index (χ2v) is 13.9. The van der Waals surface area contributed by atoms with E-state index in [1.807, 2.05) is 51.1 Å². The molecular formula is C37H44ClN3O7. The average Bonchev–Trinajstić information content (AvgIpc) is 3.42. The smallest absolute Gasteiger partial charge is 0.333 e. The number of H-pyrrole nitrogens is 1. The number of aliphatic hydroxyl groups is 1. The summed E-state index contributed by atoms with van der Waals surface area (Å²) in [5.41, 5.74) is 0.802. The van der Waals surface area contributed by atoms with Crippen molar-refractivity contribution >= 4 is 45.3 Å². The van der Waals surface area contributed by atoms with Crippen LogP contribution >= 0.6 is 11.6 Å². The molecule has 48 heavy (non-hydrogen) atoms. The number of β-amino-alcohol motifs (C(OH)–C–C–N with tert-alkyl or cyclic N) is 1. The van der Waals surface area contributed by atoms with Gasteiger partial charge in [-0.1, -0.05) is 48.0 Å². The highest BCUT2D eigenvalue weighted by atomic mass is 35.5. The lowest BCUT2D eigenvalue weighted by molar-refractivity contribution is -0.153. The number of aliphatic hydroxyl groups excluding tert-OH is 1. The molecule has 4 aromatic rings. The Hall–Kier alpha value is -4.25. The van der Waals surface area contributed by atoms with Crippen LogP contribution in [0.1, 0.15) is 58.9 Å². The maximum Gasteiger partial charge on any atom is 0.333 e. The molecule has 0 fully saturated rings. The van der Waals surface area contributed by atoms with Gasteiger partial charge in [-0.3, -0.25) is 4.79 Å². The first-order chi connectivity index (χ1) is 22.7. The second-order valence-electron chi connectivity index (χ2n) is 13.5. The molecule has 1 aliphatic heterocycles. The van der Waals surface area contributed by atoms with Gasteiger partial charge in [-0.15, -0.1) is 0 Å². The number of hydrogen-bond donors (Lipinski definition) is 6. The Labute approximate surface area is 285 Å². The molecule has 0 bridgehead atoms. The molecule has 256 valence electrons. The highest BCUT2D eigenvalue weighted by Crippen LogP contribution is 2.52. The molecule has 0 saturated carbocycles. The number of aromatic amines is 1. The fourth-order valence-electron chi connectivity index (χ4n) is 6.81. The van der Waals surface area contributed by atoms with E-state index in [0.29, 0.717) is 40.7 Å². The molecule has 1 aliphatic rings. The average molecular weight is 678 g/mol. The first-order valence-corrected chi connectivity index (χ1v) is 16.5. The van der Waals surface area contributed by atoms with Crippen molar-refractivity contribution in [1.82, 2.24) is 15.6 Å². The van der Waals surface area contributed by atoms with E-state index in [9.17, 15) is 24.9 Å². The van der Waals surface area contributed by atoms with E-state index in [-0.39, 0.29) is 30.7 Å². The monoisotopic (exact) mass is 677 g/mol. The van der Waals surface area contributed by atoms with Gasteiger partial charge in [0.25, 0.3) is 0 Å². The van der Waals surface area contributed by atoms with Gasteiger partial charge in [0.1, 0.15) is 24.2 Å². The highest BCUT2D eigenvalue weighted by Gasteiger charge is 2.56. The zero-order chi connectivity index (χ0) is 34.8. The van der Waals surface area contributed by atoms with Gasteiger partial charge in [-0.25, -0.2) is 4.79 Å². The Morgan fingerprint density at radius 2 is 1.71 bits per heavy atom. The Bertz CT molecular complexity index is 1850. The van der Waals surface area contributed by atoms with Crippen molar-refractivity contribution < 1.29 is 34.4 Å². The number of carboxylic acids is 2. The van der Waals surface area contributed by atoms with Gasteiger partial charge in [0, 0.05) is 45.7 Å². The van der Waals surface area contributed by atoms with Gasteiger partial charge < -0.3 is 40.4 Å². The zero-order valence-corrected chi connectivity index (χ0v) is 28.6. The molecule has 0 amide bonds. The Morgan fingerprint density at radius 1 is 1.02 bits per heavy atom. The van der Waals surface area contributed by atoms with Crippen molar-refractivity contribution in [2.75, 3.05) is 19.8 Å². The van der Waals surface area contributed by atoms with Gasteiger partial charge in [0.15, 0.2) is 0 Å². The Balaban J connectivity index is 1.40. The van der Waals surface area contributed by atoms with E-state index in [1.165, 1.54) is 0 Å². The summed E-state index contributed by atoms with van der Waals surface area (Å²) in [7, 11) is 0. The van der Waals surface area contributed by atoms with Crippen molar-refractivity contribution in [3.63, 3.8) is 0 Å². The summed E-state index contributed by atoms with van der Waals surface area (Å²) < 4.78 is 12.4. The Morgan fingerprint density at radius 3 is 2.40 bits per heavy atom. The fraction of sp³-hybridized carbons (Fsp3) is 0.405. The van der Waals surface area contributed by atoms with Gasteiger partial charge in [0.2, 0.25) is 0 Å². The predicted octanol–water partition coefficient (Wildman–Crippen LogP) is 6.47. The number of hydrogen-bond acceptors (Lipinski definition) is 7. The third-order valence-electron chi connectivity index (χ3n) is 9.13. The largest absolute Gasteiger partial charge is 0.491 e. The summed E-state index contributed by atoms with van der Waals surface area (Å²) in [5, 5.41) is 40.1. The normalized spacial score (nSPS) is 20.5. The van der Waals surface area contributed by atoms with Crippen LogP contribution in [0.25, 0.3) is 21.8 Å². The van der Waals surface area contributed by atoms with E-state index < -0.39 is 35.4 Å². The van der Waals surface area contributed by atoms with E-state index >= 15 is 0 Å². The first-order valence-electron chi connectivity index (χ1n) is 16.1. The number of allylic oxidation sites excluding steroid dienone is 1. The number of para-hydroxylation sites is 1. The number of nitrogens with one attached hydrogen (secondary N) is 3. The minimum atomic E-state index is -1.53. The van der Waals surface area contributed by atoms with Crippen molar-refractivity contribution in [3.05, 3.63) is 82.5 Å². The number of carbonyl (C=O) groups is 2. The van der Waals surface area contributed by atoms with E-state index in [0.717, 1.165) is 21.8 Å². The molecule has 3 aromatic carbocycles. The summed E-state index contributed by atoms with van der Waals surface area (Å²) in [6.45, 7) is 10.2. The molecule has 2 heterocycles. The van der Waals surface area contributed by atoms with Crippen LogP contribution in [0.4, 0.5) is 0 Å². The van der Waals surface area contributed by atoms with Crippen LogP contribution in [0, 0.1) is 5.41 Å². The second kappa shape index (κ2) is 14.1. The number of rotatable bonds is 13. The summed E-state index contributed by atoms with van der Waals surface area (Å²) in [5.74, 6) is -2.14. The van der Waals surface area contributed by atoms with Crippen molar-refractivity contribution in [2.24, 2.45) is 5.41 Å². The maximum atomic E-state index is 13.3. The zero-order valence-electron chi connectivity index (χ0n) is 27.9. The quantitative estimate of drug-likeness (QED) is 0.0875.